The second kappa shape index (κ2) is 9.73. The van der Waals surface area contributed by atoms with E-state index < -0.39 is 0 Å². The molecule has 1 aromatic carbocycles. The highest BCUT2D eigenvalue weighted by Gasteiger charge is 2.08. The Balaban J connectivity index is 1.60. The van der Waals surface area contributed by atoms with E-state index in [-0.39, 0.29) is 0 Å². The van der Waals surface area contributed by atoms with Gasteiger partial charge in [-0.1, -0.05) is 43.3 Å². The fourth-order valence-corrected chi connectivity index (χ4v) is 2.77. The molecular weight excluding hydrogens is 352 g/mol. The molecule has 2 heterocycles. The van der Waals surface area contributed by atoms with Crippen molar-refractivity contribution >= 4 is 5.96 Å². The van der Waals surface area contributed by atoms with Crippen LogP contribution < -0.4 is 10.6 Å². The highest BCUT2D eigenvalue weighted by atomic mass is 16.5. The van der Waals surface area contributed by atoms with Crippen molar-refractivity contribution < 1.29 is 4.52 Å². The van der Waals surface area contributed by atoms with Gasteiger partial charge in [0.25, 0.3) is 0 Å². The van der Waals surface area contributed by atoms with E-state index in [0.717, 1.165) is 36.1 Å². The van der Waals surface area contributed by atoms with Crippen LogP contribution in [0.3, 0.4) is 0 Å². The number of guanidine groups is 1. The summed E-state index contributed by atoms with van der Waals surface area (Å²) >= 11 is 0. The van der Waals surface area contributed by atoms with Crippen LogP contribution in [0, 0.1) is 0 Å². The van der Waals surface area contributed by atoms with Crippen molar-refractivity contribution in [3.05, 3.63) is 71.4 Å². The molecule has 2 N–H and O–H groups in total. The van der Waals surface area contributed by atoms with Gasteiger partial charge < -0.3 is 15.2 Å². The zero-order chi connectivity index (χ0) is 19.8. The van der Waals surface area contributed by atoms with Gasteiger partial charge in [-0.25, -0.2) is 4.99 Å². The third kappa shape index (κ3) is 5.70. The number of nitrogens with one attached hydrogen (secondary N) is 2. The molecule has 7 nitrogen and oxygen atoms in total. The summed E-state index contributed by atoms with van der Waals surface area (Å²) in [7, 11) is 0. The van der Waals surface area contributed by atoms with Gasteiger partial charge in [0.05, 0.1) is 25.3 Å². The fraction of sp³-hybridized carbons (Fsp3) is 0.381. The van der Waals surface area contributed by atoms with E-state index >= 15 is 0 Å². The summed E-state index contributed by atoms with van der Waals surface area (Å²) in [6.45, 7) is 8.93. The monoisotopic (exact) mass is 380 g/mol. The summed E-state index contributed by atoms with van der Waals surface area (Å²) in [5, 5.41) is 14.9. The van der Waals surface area contributed by atoms with Crippen molar-refractivity contribution in [2.75, 3.05) is 6.54 Å². The largest absolute Gasteiger partial charge is 0.359 e. The topological polar surface area (TPSA) is 80.3 Å². The molecular formula is C21H28N6O. The molecule has 0 spiro atoms. The SMILES string of the molecule is CCNC(=NCc1cccc(Cn2cccn2)c1)NCc1cc(C(C)C)no1. The lowest BCUT2D eigenvalue weighted by Gasteiger charge is -2.10. The summed E-state index contributed by atoms with van der Waals surface area (Å²) < 4.78 is 7.29. The van der Waals surface area contributed by atoms with Crippen molar-refractivity contribution in [3.8, 4) is 0 Å². The van der Waals surface area contributed by atoms with Gasteiger partial charge in [0.1, 0.15) is 0 Å². The first kappa shape index (κ1) is 19.7. The van der Waals surface area contributed by atoms with Crippen molar-refractivity contribution in [3.63, 3.8) is 0 Å². The van der Waals surface area contributed by atoms with Gasteiger partial charge in [-0.2, -0.15) is 5.10 Å². The van der Waals surface area contributed by atoms with E-state index in [2.05, 4.69) is 64.0 Å². The summed E-state index contributed by atoms with van der Waals surface area (Å²) in [5.74, 6) is 1.91. The lowest BCUT2D eigenvalue weighted by molar-refractivity contribution is 0.372. The number of hydrogen-bond acceptors (Lipinski definition) is 4. The van der Waals surface area contributed by atoms with Gasteiger partial charge in [-0.15, -0.1) is 0 Å². The highest BCUT2D eigenvalue weighted by molar-refractivity contribution is 5.79. The molecule has 0 unspecified atom stereocenters. The molecule has 0 saturated carbocycles. The summed E-state index contributed by atoms with van der Waals surface area (Å²) in [4.78, 5) is 4.69. The van der Waals surface area contributed by atoms with Gasteiger partial charge in [0.15, 0.2) is 11.7 Å². The molecule has 0 aliphatic rings. The molecule has 0 amide bonds. The first-order valence-corrected chi connectivity index (χ1v) is 9.67. The van der Waals surface area contributed by atoms with Crippen LogP contribution in [0.25, 0.3) is 0 Å². The molecule has 0 radical (unpaired) electrons. The van der Waals surface area contributed by atoms with E-state index in [1.807, 2.05) is 29.9 Å². The number of hydrogen-bond donors (Lipinski definition) is 2. The summed E-state index contributed by atoms with van der Waals surface area (Å²) in [6, 6.07) is 12.3. The first-order chi connectivity index (χ1) is 13.6. The second-order valence-electron chi connectivity index (χ2n) is 6.95. The van der Waals surface area contributed by atoms with E-state index in [1.54, 1.807) is 6.20 Å². The molecule has 148 valence electrons. The molecule has 7 heteroatoms. The van der Waals surface area contributed by atoms with Crippen molar-refractivity contribution in [1.82, 2.24) is 25.6 Å². The average molecular weight is 380 g/mol. The normalized spacial score (nSPS) is 11.8. The number of benzene rings is 1. The van der Waals surface area contributed by atoms with Gasteiger partial charge in [0, 0.05) is 25.0 Å². The fourth-order valence-electron chi connectivity index (χ4n) is 2.77. The third-order valence-electron chi connectivity index (χ3n) is 4.26. The van der Waals surface area contributed by atoms with Crippen molar-refractivity contribution in [2.45, 2.75) is 46.3 Å². The van der Waals surface area contributed by atoms with Crippen LogP contribution in [0.4, 0.5) is 0 Å². The lowest BCUT2D eigenvalue weighted by atomic mass is 10.1. The smallest absolute Gasteiger partial charge is 0.191 e. The zero-order valence-electron chi connectivity index (χ0n) is 16.7. The van der Waals surface area contributed by atoms with Crippen LogP contribution in [0.5, 0.6) is 0 Å². The Morgan fingerprint density at radius 1 is 1.18 bits per heavy atom. The zero-order valence-corrected chi connectivity index (χ0v) is 16.7. The standard InChI is InChI=1S/C21H28N6O/c1-4-22-21(24-14-19-12-20(16(2)3)26-28-19)23-13-17-7-5-8-18(11-17)15-27-10-6-9-25-27/h5-12,16H,4,13-15H2,1-3H3,(H2,22,23,24). The minimum Gasteiger partial charge on any atom is -0.359 e. The molecule has 3 rings (SSSR count). The summed E-state index contributed by atoms with van der Waals surface area (Å²) in [6.07, 6.45) is 3.76. The maximum absolute atomic E-state index is 5.38. The van der Waals surface area contributed by atoms with Crippen LogP contribution in [-0.2, 0) is 19.6 Å². The molecule has 28 heavy (non-hydrogen) atoms. The maximum atomic E-state index is 5.38. The van der Waals surface area contributed by atoms with Gasteiger partial charge in [0.2, 0.25) is 0 Å². The first-order valence-electron chi connectivity index (χ1n) is 9.67. The van der Waals surface area contributed by atoms with E-state index in [1.165, 1.54) is 5.56 Å². The Morgan fingerprint density at radius 3 is 2.75 bits per heavy atom. The van der Waals surface area contributed by atoms with Crippen molar-refractivity contribution in [1.29, 1.82) is 0 Å². The van der Waals surface area contributed by atoms with Gasteiger partial charge >= 0.3 is 0 Å². The third-order valence-corrected chi connectivity index (χ3v) is 4.26. The Hall–Kier alpha value is -3.09. The maximum Gasteiger partial charge on any atom is 0.191 e. The Bertz CT molecular complexity index is 882. The predicted molar refractivity (Wildman–Crippen MR) is 110 cm³/mol. The van der Waals surface area contributed by atoms with E-state index in [9.17, 15) is 0 Å². The van der Waals surface area contributed by atoms with Crippen LogP contribution in [0.2, 0.25) is 0 Å². The summed E-state index contributed by atoms with van der Waals surface area (Å²) in [5.41, 5.74) is 3.33. The van der Waals surface area contributed by atoms with Gasteiger partial charge in [-0.3, -0.25) is 4.68 Å². The number of rotatable bonds is 8. The average Bonchev–Trinajstić information content (AvgIpc) is 3.36. The molecule has 0 atom stereocenters. The molecule has 0 bridgehead atoms. The predicted octanol–water partition coefficient (Wildman–Crippen LogP) is 3.30. The van der Waals surface area contributed by atoms with Crippen LogP contribution in [-0.4, -0.2) is 27.4 Å². The minimum atomic E-state index is 0.355. The molecule has 0 saturated heterocycles. The molecule has 3 aromatic rings. The molecule has 2 aromatic heterocycles. The second-order valence-corrected chi connectivity index (χ2v) is 6.95. The van der Waals surface area contributed by atoms with Crippen LogP contribution >= 0.6 is 0 Å². The minimum absolute atomic E-state index is 0.355. The Kier molecular flexibility index (Phi) is 6.84. The molecule has 0 aliphatic carbocycles. The van der Waals surface area contributed by atoms with Gasteiger partial charge in [-0.05, 0) is 30.0 Å². The molecule has 0 aliphatic heterocycles. The number of aromatic nitrogens is 3. The van der Waals surface area contributed by atoms with Crippen molar-refractivity contribution in [2.24, 2.45) is 4.99 Å². The lowest BCUT2D eigenvalue weighted by Crippen LogP contribution is -2.36. The van der Waals surface area contributed by atoms with Crippen LogP contribution in [0.1, 0.15) is 49.3 Å². The number of aliphatic imine (C=N–C) groups is 1. The van der Waals surface area contributed by atoms with E-state index in [4.69, 9.17) is 4.52 Å². The Morgan fingerprint density at radius 2 is 2.04 bits per heavy atom. The highest BCUT2D eigenvalue weighted by Crippen LogP contribution is 2.13. The number of nitrogens with zero attached hydrogens (tertiary/aromatic N) is 4. The van der Waals surface area contributed by atoms with Crippen LogP contribution in [0.15, 0.2) is 58.3 Å². The Labute approximate surface area is 165 Å². The quantitative estimate of drug-likeness (QED) is 0.463. The molecule has 0 fully saturated rings. The van der Waals surface area contributed by atoms with E-state index in [0.29, 0.717) is 19.0 Å².